The van der Waals surface area contributed by atoms with Gasteiger partial charge in [-0.1, -0.05) is 0 Å². The van der Waals surface area contributed by atoms with Crippen LogP contribution >= 0.6 is 0 Å². The van der Waals surface area contributed by atoms with Gasteiger partial charge in [0.1, 0.15) is 0 Å². The molecule has 2 unspecified atom stereocenters. The second-order valence-electron chi connectivity index (χ2n) is 5.88. The third-order valence-electron chi connectivity index (χ3n) is 3.92. The highest BCUT2D eigenvalue weighted by Crippen LogP contribution is 2.38. The smallest absolute Gasteiger partial charge is 0.248 e. The Morgan fingerprint density at radius 3 is 2.65 bits per heavy atom. The predicted octanol–water partition coefficient (Wildman–Crippen LogP) is 3.34. The Bertz CT molecular complexity index is 244. The van der Waals surface area contributed by atoms with Gasteiger partial charge in [0.05, 0.1) is 5.60 Å². The molecule has 102 valence electrons. The van der Waals surface area contributed by atoms with Crippen LogP contribution in [0.15, 0.2) is 0 Å². The summed E-state index contributed by atoms with van der Waals surface area (Å²) < 4.78 is 31.9. The summed E-state index contributed by atoms with van der Waals surface area (Å²) in [5, 5.41) is 0. The maximum absolute atomic E-state index is 13.3. The molecule has 2 atom stereocenters. The first-order valence-corrected chi connectivity index (χ1v) is 6.44. The van der Waals surface area contributed by atoms with Crippen molar-refractivity contribution in [2.75, 3.05) is 7.11 Å². The molecule has 1 rings (SSSR count). The molecule has 0 amide bonds. The fourth-order valence-electron chi connectivity index (χ4n) is 2.43. The van der Waals surface area contributed by atoms with Gasteiger partial charge in [0.25, 0.3) is 0 Å². The number of methoxy groups -OCH3 is 1. The summed E-state index contributed by atoms with van der Waals surface area (Å²) in [6.07, 6.45) is 2.99. The number of hydrogen-bond donors (Lipinski definition) is 1. The Kier molecular flexibility index (Phi) is 4.90. The molecule has 0 bridgehead atoms. The van der Waals surface area contributed by atoms with Crippen LogP contribution in [-0.2, 0) is 4.74 Å². The maximum atomic E-state index is 13.3. The highest BCUT2D eigenvalue weighted by Gasteiger charge is 2.38. The van der Waals surface area contributed by atoms with Gasteiger partial charge in [-0.3, -0.25) is 0 Å². The van der Waals surface area contributed by atoms with Crippen LogP contribution in [-0.4, -0.2) is 24.7 Å². The standard InChI is InChI=1S/C13H25F2NO/c1-12(2,17-3)8-6-11(16)10-5-4-7-13(14,15)9-10/h10-11H,4-9,16H2,1-3H3. The lowest BCUT2D eigenvalue weighted by atomic mass is 9.80. The van der Waals surface area contributed by atoms with Crippen LogP contribution < -0.4 is 5.73 Å². The zero-order valence-electron chi connectivity index (χ0n) is 11.1. The van der Waals surface area contributed by atoms with Gasteiger partial charge in [-0.2, -0.15) is 0 Å². The van der Waals surface area contributed by atoms with Gasteiger partial charge in [-0.05, 0) is 45.4 Å². The second kappa shape index (κ2) is 5.61. The zero-order valence-corrected chi connectivity index (χ0v) is 11.1. The van der Waals surface area contributed by atoms with Crippen LogP contribution in [0.1, 0.15) is 52.4 Å². The highest BCUT2D eigenvalue weighted by atomic mass is 19.3. The van der Waals surface area contributed by atoms with Crippen molar-refractivity contribution in [1.29, 1.82) is 0 Å². The van der Waals surface area contributed by atoms with E-state index in [1.165, 1.54) is 0 Å². The highest BCUT2D eigenvalue weighted by molar-refractivity contribution is 4.85. The van der Waals surface area contributed by atoms with Gasteiger partial charge in [-0.15, -0.1) is 0 Å². The predicted molar refractivity (Wildman–Crippen MR) is 65.2 cm³/mol. The molecular weight excluding hydrogens is 224 g/mol. The maximum Gasteiger partial charge on any atom is 0.248 e. The van der Waals surface area contributed by atoms with Crippen molar-refractivity contribution in [3.8, 4) is 0 Å². The summed E-state index contributed by atoms with van der Waals surface area (Å²) in [5.41, 5.74) is 5.83. The lowest BCUT2D eigenvalue weighted by Crippen LogP contribution is -2.39. The lowest BCUT2D eigenvalue weighted by Gasteiger charge is -2.34. The molecule has 1 fully saturated rings. The van der Waals surface area contributed by atoms with E-state index in [0.717, 1.165) is 19.3 Å². The molecule has 2 N–H and O–H groups in total. The Balaban J connectivity index is 2.40. The fraction of sp³-hybridized carbons (Fsp3) is 1.00. The molecule has 4 heteroatoms. The van der Waals surface area contributed by atoms with Crippen molar-refractivity contribution in [2.45, 2.75) is 69.9 Å². The van der Waals surface area contributed by atoms with Crippen molar-refractivity contribution in [3.05, 3.63) is 0 Å². The van der Waals surface area contributed by atoms with E-state index in [1.54, 1.807) is 7.11 Å². The van der Waals surface area contributed by atoms with E-state index in [4.69, 9.17) is 10.5 Å². The number of alkyl halides is 2. The van der Waals surface area contributed by atoms with Gasteiger partial charge in [0, 0.05) is 26.0 Å². The molecule has 0 aromatic carbocycles. The number of rotatable bonds is 5. The number of hydrogen-bond acceptors (Lipinski definition) is 2. The van der Waals surface area contributed by atoms with E-state index in [1.807, 2.05) is 13.8 Å². The second-order valence-corrected chi connectivity index (χ2v) is 5.88. The molecule has 0 heterocycles. The molecule has 1 saturated carbocycles. The number of halogens is 2. The molecule has 0 aliphatic heterocycles. The lowest BCUT2D eigenvalue weighted by molar-refractivity contribution is -0.0580. The minimum atomic E-state index is -2.50. The Hall–Kier alpha value is -0.220. The van der Waals surface area contributed by atoms with Crippen LogP contribution in [0.5, 0.6) is 0 Å². The van der Waals surface area contributed by atoms with Crippen molar-refractivity contribution >= 4 is 0 Å². The van der Waals surface area contributed by atoms with Gasteiger partial charge < -0.3 is 10.5 Å². The normalized spacial score (nSPS) is 26.8. The van der Waals surface area contributed by atoms with Gasteiger partial charge >= 0.3 is 0 Å². The van der Waals surface area contributed by atoms with Crippen LogP contribution in [0.25, 0.3) is 0 Å². The van der Waals surface area contributed by atoms with Gasteiger partial charge in [0.2, 0.25) is 5.92 Å². The Morgan fingerprint density at radius 2 is 2.12 bits per heavy atom. The SMILES string of the molecule is COC(C)(C)CCC(N)C1CCCC(F)(F)C1. The van der Waals surface area contributed by atoms with E-state index >= 15 is 0 Å². The zero-order chi connectivity index (χ0) is 13.1. The van der Waals surface area contributed by atoms with Crippen molar-refractivity contribution < 1.29 is 13.5 Å². The van der Waals surface area contributed by atoms with E-state index in [2.05, 4.69) is 0 Å². The molecule has 0 aromatic heterocycles. The summed E-state index contributed by atoms with van der Waals surface area (Å²) >= 11 is 0. The number of nitrogens with two attached hydrogens (primary N) is 1. The molecule has 0 radical (unpaired) electrons. The minimum absolute atomic E-state index is 0.0276. The molecule has 0 saturated heterocycles. The molecule has 0 aromatic rings. The van der Waals surface area contributed by atoms with E-state index in [-0.39, 0.29) is 30.4 Å². The fourth-order valence-corrected chi connectivity index (χ4v) is 2.43. The Morgan fingerprint density at radius 1 is 1.47 bits per heavy atom. The third kappa shape index (κ3) is 4.88. The van der Waals surface area contributed by atoms with E-state index in [9.17, 15) is 8.78 Å². The minimum Gasteiger partial charge on any atom is -0.379 e. The Labute approximate surface area is 103 Å². The first kappa shape index (κ1) is 14.8. The summed E-state index contributed by atoms with van der Waals surface area (Å²) in [5.74, 6) is -2.54. The van der Waals surface area contributed by atoms with Crippen molar-refractivity contribution in [2.24, 2.45) is 11.7 Å². The third-order valence-corrected chi connectivity index (χ3v) is 3.92. The molecular formula is C13H25F2NO. The van der Waals surface area contributed by atoms with Crippen molar-refractivity contribution in [1.82, 2.24) is 0 Å². The van der Waals surface area contributed by atoms with Gasteiger partial charge in [-0.25, -0.2) is 8.78 Å². The van der Waals surface area contributed by atoms with Crippen LogP contribution in [0.4, 0.5) is 8.78 Å². The summed E-state index contributed by atoms with van der Waals surface area (Å²) in [4.78, 5) is 0. The molecule has 0 spiro atoms. The average Bonchev–Trinajstić information content (AvgIpc) is 2.24. The summed E-state index contributed by atoms with van der Waals surface area (Å²) in [6.45, 7) is 3.99. The average molecular weight is 249 g/mol. The monoisotopic (exact) mass is 249 g/mol. The van der Waals surface area contributed by atoms with Crippen LogP contribution in [0, 0.1) is 5.92 Å². The first-order valence-electron chi connectivity index (χ1n) is 6.44. The van der Waals surface area contributed by atoms with E-state index < -0.39 is 5.92 Å². The topological polar surface area (TPSA) is 35.2 Å². The molecule has 1 aliphatic rings. The quantitative estimate of drug-likeness (QED) is 0.811. The van der Waals surface area contributed by atoms with E-state index in [0.29, 0.717) is 6.42 Å². The summed E-state index contributed by atoms with van der Waals surface area (Å²) in [6, 6.07) is -0.129. The number of ether oxygens (including phenoxy) is 1. The molecule has 2 nitrogen and oxygen atoms in total. The molecule has 17 heavy (non-hydrogen) atoms. The first-order chi connectivity index (χ1) is 7.76. The van der Waals surface area contributed by atoms with Gasteiger partial charge in [0.15, 0.2) is 0 Å². The van der Waals surface area contributed by atoms with Crippen LogP contribution in [0.2, 0.25) is 0 Å². The summed E-state index contributed by atoms with van der Waals surface area (Å²) in [7, 11) is 1.67. The largest absolute Gasteiger partial charge is 0.379 e. The van der Waals surface area contributed by atoms with Crippen molar-refractivity contribution in [3.63, 3.8) is 0 Å². The van der Waals surface area contributed by atoms with Crippen LogP contribution in [0.3, 0.4) is 0 Å². The molecule has 1 aliphatic carbocycles.